The first kappa shape index (κ1) is 38.3. The van der Waals surface area contributed by atoms with E-state index < -0.39 is 5.41 Å². The van der Waals surface area contributed by atoms with Crippen LogP contribution in [0.15, 0.2) is 231 Å². The van der Waals surface area contributed by atoms with E-state index in [4.69, 9.17) is 9.97 Å². The van der Waals surface area contributed by atoms with Crippen LogP contribution in [0.2, 0.25) is 0 Å². The molecule has 0 spiro atoms. The highest BCUT2D eigenvalue weighted by Gasteiger charge is 2.47. The van der Waals surface area contributed by atoms with E-state index >= 15 is 0 Å². The topological polar surface area (TPSA) is 25.8 Å². The second kappa shape index (κ2) is 14.7. The average Bonchev–Trinajstić information content (AvgIpc) is 3.81. The van der Waals surface area contributed by atoms with E-state index in [9.17, 15) is 0 Å². The Kier molecular flexibility index (Phi) is 8.51. The van der Waals surface area contributed by atoms with Gasteiger partial charge < -0.3 is 0 Å². The van der Waals surface area contributed by atoms with Crippen molar-refractivity contribution in [2.75, 3.05) is 0 Å². The molecule has 0 aliphatic heterocycles. The van der Waals surface area contributed by atoms with Gasteiger partial charge in [0.15, 0.2) is 5.82 Å². The van der Waals surface area contributed by atoms with E-state index in [0.29, 0.717) is 5.82 Å². The third-order valence-electron chi connectivity index (χ3n) is 14.6. The van der Waals surface area contributed by atoms with Gasteiger partial charge in [0, 0.05) is 22.1 Å². The lowest BCUT2D eigenvalue weighted by atomic mass is 9.66. The lowest BCUT2D eigenvalue weighted by Gasteiger charge is -2.35. The molecule has 0 saturated carbocycles. The maximum Gasteiger partial charge on any atom is 0.161 e. The Labute approximate surface area is 385 Å². The summed E-state index contributed by atoms with van der Waals surface area (Å²) in [5.74, 6) is 0.698. The molecule has 0 amide bonds. The Balaban J connectivity index is 1.02. The molecule has 0 N–H and O–H groups in total. The van der Waals surface area contributed by atoms with E-state index in [0.717, 1.165) is 33.5 Å². The maximum absolute atomic E-state index is 5.65. The highest BCUT2D eigenvalue weighted by Crippen LogP contribution is 2.59. The lowest BCUT2D eigenvalue weighted by Crippen LogP contribution is -2.29. The summed E-state index contributed by atoms with van der Waals surface area (Å²) in [5, 5.41) is 4.85. The van der Waals surface area contributed by atoms with Crippen molar-refractivity contribution >= 4 is 21.5 Å². The third kappa shape index (κ3) is 5.61. The van der Waals surface area contributed by atoms with Gasteiger partial charge in [-0.25, -0.2) is 9.97 Å². The zero-order chi connectivity index (χ0) is 44.0. The summed E-state index contributed by atoms with van der Waals surface area (Å²) in [6.45, 7) is 4.72. The van der Waals surface area contributed by atoms with Crippen molar-refractivity contribution in [2.24, 2.45) is 0 Å². The van der Waals surface area contributed by atoms with Gasteiger partial charge in [-0.15, -0.1) is 0 Å². The molecule has 2 aliphatic rings. The summed E-state index contributed by atoms with van der Waals surface area (Å²) >= 11 is 0. The normalized spacial score (nSPS) is 13.8. The van der Waals surface area contributed by atoms with Gasteiger partial charge in [-0.05, 0) is 119 Å². The number of rotatable bonds is 6. The first-order valence-corrected chi connectivity index (χ1v) is 23.0. The van der Waals surface area contributed by atoms with Gasteiger partial charge in [-0.1, -0.05) is 214 Å². The van der Waals surface area contributed by atoms with Gasteiger partial charge in [-0.2, -0.15) is 0 Å². The summed E-state index contributed by atoms with van der Waals surface area (Å²) in [6.07, 6.45) is 0. The predicted octanol–water partition coefficient (Wildman–Crippen LogP) is 16.1. The molecule has 0 radical (unpaired) electrons. The Morgan fingerprint density at radius 2 is 0.879 bits per heavy atom. The van der Waals surface area contributed by atoms with Crippen LogP contribution in [0.5, 0.6) is 0 Å². The summed E-state index contributed by atoms with van der Waals surface area (Å²) in [7, 11) is 0. The molecule has 11 aromatic rings. The Bertz CT molecular complexity index is 3680. The van der Waals surface area contributed by atoms with Crippen LogP contribution < -0.4 is 0 Å². The van der Waals surface area contributed by atoms with Crippen LogP contribution in [0.1, 0.15) is 47.2 Å². The molecule has 10 aromatic carbocycles. The molecule has 0 saturated heterocycles. The molecule has 0 bridgehead atoms. The molecule has 13 rings (SSSR count). The van der Waals surface area contributed by atoms with Crippen LogP contribution in [0.25, 0.3) is 88.8 Å². The highest BCUT2D eigenvalue weighted by atomic mass is 14.9. The van der Waals surface area contributed by atoms with Crippen LogP contribution in [-0.2, 0) is 10.8 Å². The standard InChI is InChI=1S/C64H44N2/c1-63(2)56-36-33-44(38-54(56)55-37-42-21-12-13-22-43(42)39-58(55)63)47-34-35-52(49-28-15-14-27-48(47)49)62-65-59(41-19-6-3-7-20-41)40-60(66-62)53-31-18-30-51-50-29-16-17-32-57(50)64(61(51)53,45-23-8-4-9-24-45)46-25-10-5-11-26-46/h3-40H,1-2H3. The second-order valence-electron chi connectivity index (χ2n) is 18.4. The van der Waals surface area contributed by atoms with Crippen LogP contribution in [0.3, 0.4) is 0 Å². The molecule has 1 aromatic heterocycles. The second-order valence-corrected chi connectivity index (χ2v) is 18.4. The Hall–Kier alpha value is -8.20. The maximum atomic E-state index is 5.65. The minimum Gasteiger partial charge on any atom is -0.228 e. The Morgan fingerprint density at radius 1 is 0.318 bits per heavy atom. The van der Waals surface area contributed by atoms with Crippen LogP contribution >= 0.6 is 0 Å². The fourth-order valence-corrected chi connectivity index (χ4v) is 11.5. The smallest absolute Gasteiger partial charge is 0.161 e. The molecule has 310 valence electrons. The molecule has 66 heavy (non-hydrogen) atoms. The van der Waals surface area contributed by atoms with Gasteiger partial charge in [0.25, 0.3) is 0 Å². The molecule has 2 aliphatic carbocycles. The van der Waals surface area contributed by atoms with E-state index in [-0.39, 0.29) is 5.41 Å². The van der Waals surface area contributed by atoms with Crippen LogP contribution in [0, 0.1) is 0 Å². The van der Waals surface area contributed by atoms with Crippen molar-refractivity contribution in [3.05, 3.63) is 264 Å². The fraction of sp³-hybridized carbons (Fsp3) is 0.0625. The fourth-order valence-electron chi connectivity index (χ4n) is 11.5. The zero-order valence-corrected chi connectivity index (χ0v) is 36.8. The predicted molar refractivity (Wildman–Crippen MR) is 274 cm³/mol. The van der Waals surface area contributed by atoms with Crippen molar-refractivity contribution < 1.29 is 0 Å². The van der Waals surface area contributed by atoms with Crippen LogP contribution in [0.4, 0.5) is 0 Å². The van der Waals surface area contributed by atoms with E-state index in [1.807, 2.05) is 0 Å². The average molecular weight is 841 g/mol. The van der Waals surface area contributed by atoms with Crippen molar-refractivity contribution in [3.63, 3.8) is 0 Å². The quantitative estimate of drug-likeness (QED) is 0.167. The monoisotopic (exact) mass is 840 g/mol. The number of aromatic nitrogens is 2. The SMILES string of the molecule is CC1(C)c2ccc(-c3ccc(-c4nc(-c5ccccc5)cc(-c5cccc6c5C(c5ccccc5)(c5ccccc5)c5ccccc5-6)n4)c4ccccc34)cc2-c2cc3ccccc3cc21. The lowest BCUT2D eigenvalue weighted by molar-refractivity contribution is 0.661. The number of hydrogen-bond acceptors (Lipinski definition) is 2. The minimum atomic E-state index is -0.587. The largest absolute Gasteiger partial charge is 0.228 e. The van der Waals surface area contributed by atoms with Crippen molar-refractivity contribution in [2.45, 2.75) is 24.7 Å². The van der Waals surface area contributed by atoms with Crippen molar-refractivity contribution in [1.29, 1.82) is 0 Å². The molecule has 2 nitrogen and oxygen atoms in total. The summed E-state index contributed by atoms with van der Waals surface area (Å²) in [6, 6.07) is 84.4. The molecule has 0 atom stereocenters. The molecule has 0 fully saturated rings. The van der Waals surface area contributed by atoms with Crippen molar-refractivity contribution in [3.8, 4) is 67.3 Å². The third-order valence-corrected chi connectivity index (χ3v) is 14.6. The van der Waals surface area contributed by atoms with E-state index in [1.165, 1.54) is 82.9 Å². The van der Waals surface area contributed by atoms with Gasteiger partial charge in [0.2, 0.25) is 0 Å². The Morgan fingerprint density at radius 3 is 1.62 bits per heavy atom. The molecule has 2 heteroatoms. The molecular formula is C64H44N2. The number of benzene rings is 10. The minimum absolute atomic E-state index is 0.0957. The first-order chi connectivity index (χ1) is 32.5. The molecule has 0 unspecified atom stereocenters. The van der Waals surface area contributed by atoms with Gasteiger partial charge >= 0.3 is 0 Å². The van der Waals surface area contributed by atoms with Gasteiger partial charge in [0.05, 0.1) is 16.8 Å². The molecule has 1 heterocycles. The number of fused-ring (bicyclic) bond motifs is 8. The number of hydrogen-bond donors (Lipinski definition) is 0. The first-order valence-electron chi connectivity index (χ1n) is 23.0. The van der Waals surface area contributed by atoms with Crippen LogP contribution in [-0.4, -0.2) is 9.97 Å². The number of nitrogens with zero attached hydrogens (tertiary/aromatic N) is 2. The zero-order valence-electron chi connectivity index (χ0n) is 36.8. The van der Waals surface area contributed by atoms with E-state index in [1.54, 1.807) is 0 Å². The van der Waals surface area contributed by atoms with Gasteiger partial charge in [0.1, 0.15) is 0 Å². The summed E-state index contributed by atoms with van der Waals surface area (Å²) in [4.78, 5) is 11.1. The van der Waals surface area contributed by atoms with Gasteiger partial charge in [-0.3, -0.25) is 0 Å². The summed E-state index contributed by atoms with van der Waals surface area (Å²) < 4.78 is 0. The highest BCUT2D eigenvalue weighted by molar-refractivity contribution is 6.05. The van der Waals surface area contributed by atoms with E-state index in [2.05, 4.69) is 244 Å². The molecular weight excluding hydrogens is 797 g/mol. The summed E-state index contributed by atoms with van der Waals surface area (Å²) in [5.41, 5.74) is 19.4. The van der Waals surface area contributed by atoms with Crippen molar-refractivity contribution in [1.82, 2.24) is 9.97 Å².